The van der Waals surface area contributed by atoms with Crippen LogP contribution in [0.5, 0.6) is 0 Å². The maximum absolute atomic E-state index is 12.2. The van der Waals surface area contributed by atoms with Crippen molar-refractivity contribution in [2.24, 2.45) is 5.92 Å². The lowest BCUT2D eigenvalue weighted by Crippen LogP contribution is -2.48. The number of nitrogens with zero attached hydrogens (tertiary/aromatic N) is 1. The Morgan fingerprint density at radius 3 is 2.78 bits per heavy atom. The molecule has 2 aliphatic heterocycles. The van der Waals surface area contributed by atoms with Crippen LogP contribution in [0.2, 0.25) is 0 Å². The Balaban J connectivity index is 1.52. The quantitative estimate of drug-likeness (QED) is 0.891. The molecule has 2 aliphatic rings. The SMILES string of the molecule is CC1CCNC(C(=O)NCc2ccc(N3CCCC3=O)cc2)C1. The Hall–Kier alpha value is -1.88. The molecule has 3 rings (SSSR count). The molecule has 0 radical (unpaired) electrons. The van der Waals surface area contributed by atoms with Crippen molar-refractivity contribution in [1.29, 1.82) is 0 Å². The van der Waals surface area contributed by atoms with E-state index in [0.717, 1.165) is 43.6 Å². The van der Waals surface area contributed by atoms with Gasteiger partial charge in [-0.1, -0.05) is 19.1 Å². The molecule has 0 aliphatic carbocycles. The summed E-state index contributed by atoms with van der Waals surface area (Å²) in [6.07, 6.45) is 3.62. The van der Waals surface area contributed by atoms with Crippen molar-refractivity contribution in [3.63, 3.8) is 0 Å². The minimum absolute atomic E-state index is 0.0692. The zero-order valence-corrected chi connectivity index (χ0v) is 13.7. The summed E-state index contributed by atoms with van der Waals surface area (Å²) in [4.78, 5) is 25.8. The second kappa shape index (κ2) is 7.13. The highest BCUT2D eigenvalue weighted by Crippen LogP contribution is 2.21. The second-order valence-electron chi connectivity index (χ2n) is 6.67. The fraction of sp³-hybridized carbons (Fsp3) is 0.556. The fourth-order valence-corrected chi connectivity index (χ4v) is 3.33. The summed E-state index contributed by atoms with van der Waals surface area (Å²) in [6.45, 7) is 4.44. The van der Waals surface area contributed by atoms with Gasteiger partial charge in [-0.3, -0.25) is 9.59 Å². The molecule has 2 unspecified atom stereocenters. The maximum Gasteiger partial charge on any atom is 0.237 e. The molecule has 2 heterocycles. The van der Waals surface area contributed by atoms with Crippen LogP contribution in [0.4, 0.5) is 5.69 Å². The normalized spacial score (nSPS) is 24.7. The van der Waals surface area contributed by atoms with Gasteiger partial charge in [-0.25, -0.2) is 0 Å². The summed E-state index contributed by atoms with van der Waals surface area (Å²) in [5, 5.41) is 6.29. The van der Waals surface area contributed by atoms with Crippen molar-refractivity contribution in [1.82, 2.24) is 10.6 Å². The first-order valence-corrected chi connectivity index (χ1v) is 8.54. The van der Waals surface area contributed by atoms with Crippen LogP contribution in [0.15, 0.2) is 24.3 Å². The van der Waals surface area contributed by atoms with E-state index in [4.69, 9.17) is 0 Å². The first-order chi connectivity index (χ1) is 11.1. The number of carbonyl (C=O) groups is 2. The van der Waals surface area contributed by atoms with Crippen LogP contribution in [0.3, 0.4) is 0 Å². The van der Waals surface area contributed by atoms with Gasteiger partial charge in [0.2, 0.25) is 11.8 Å². The molecule has 0 saturated carbocycles. The summed E-state index contributed by atoms with van der Waals surface area (Å²) >= 11 is 0. The smallest absolute Gasteiger partial charge is 0.237 e. The molecule has 2 fully saturated rings. The van der Waals surface area contributed by atoms with Crippen LogP contribution in [-0.4, -0.2) is 30.9 Å². The van der Waals surface area contributed by atoms with Gasteiger partial charge in [0.15, 0.2) is 0 Å². The fourth-order valence-electron chi connectivity index (χ4n) is 3.33. The molecule has 2 N–H and O–H groups in total. The van der Waals surface area contributed by atoms with Gasteiger partial charge >= 0.3 is 0 Å². The minimum atomic E-state index is -0.0692. The van der Waals surface area contributed by atoms with Crippen LogP contribution in [0, 0.1) is 5.92 Å². The van der Waals surface area contributed by atoms with E-state index < -0.39 is 0 Å². The van der Waals surface area contributed by atoms with Crippen LogP contribution >= 0.6 is 0 Å². The van der Waals surface area contributed by atoms with Crippen LogP contribution in [0.1, 0.15) is 38.2 Å². The summed E-state index contributed by atoms with van der Waals surface area (Å²) in [5.41, 5.74) is 2.00. The topological polar surface area (TPSA) is 61.4 Å². The Labute approximate surface area is 137 Å². The van der Waals surface area contributed by atoms with Gasteiger partial charge in [0.25, 0.3) is 0 Å². The molecule has 124 valence electrons. The predicted molar refractivity (Wildman–Crippen MR) is 90.1 cm³/mol. The van der Waals surface area contributed by atoms with Gasteiger partial charge in [0, 0.05) is 25.2 Å². The molecule has 2 amide bonds. The highest BCUT2D eigenvalue weighted by Gasteiger charge is 2.24. The lowest BCUT2D eigenvalue weighted by atomic mass is 9.94. The van der Waals surface area contributed by atoms with E-state index in [9.17, 15) is 9.59 Å². The molecule has 1 aromatic rings. The van der Waals surface area contributed by atoms with Gasteiger partial charge in [0.05, 0.1) is 6.04 Å². The largest absolute Gasteiger partial charge is 0.351 e. The molecule has 2 saturated heterocycles. The molecular formula is C18H25N3O2. The first kappa shape index (κ1) is 16.0. The minimum Gasteiger partial charge on any atom is -0.351 e. The Morgan fingerprint density at radius 2 is 2.13 bits per heavy atom. The van der Waals surface area contributed by atoms with Crippen LogP contribution in [0.25, 0.3) is 0 Å². The molecule has 5 nitrogen and oxygen atoms in total. The van der Waals surface area contributed by atoms with Crippen LogP contribution in [-0.2, 0) is 16.1 Å². The van der Waals surface area contributed by atoms with E-state index >= 15 is 0 Å². The number of piperidine rings is 1. The number of benzene rings is 1. The maximum atomic E-state index is 12.2. The molecule has 0 aromatic heterocycles. The number of anilines is 1. The number of amides is 2. The molecule has 0 spiro atoms. The van der Waals surface area contributed by atoms with Crippen molar-refractivity contribution in [2.75, 3.05) is 18.0 Å². The summed E-state index contributed by atoms with van der Waals surface area (Å²) in [6, 6.07) is 7.83. The second-order valence-corrected chi connectivity index (χ2v) is 6.67. The molecular weight excluding hydrogens is 290 g/mol. The highest BCUT2D eigenvalue weighted by molar-refractivity contribution is 5.95. The average molecular weight is 315 g/mol. The number of hydrogen-bond acceptors (Lipinski definition) is 3. The molecule has 2 atom stereocenters. The zero-order valence-electron chi connectivity index (χ0n) is 13.7. The van der Waals surface area contributed by atoms with Gasteiger partial charge in [0.1, 0.15) is 0 Å². The van der Waals surface area contributed by atoms with E-state index in [2.05, 4.69) is 17.6 Å². The Bertz CT molecular complexity index is 570. The molecule has 1 aromatic carbocycles. The van der Waals surface area contributed by atoms with Crippen molar-refractivity contribution >= 4 is 17.5 Å². The summed E-state index contributed by atoms with van der Waals surface area (Å²) in [5.74, 6) is 0.878. The van der Waals surface area contributed by atoms with Gasteiger partial charge in [-0.15, -0.1) is 0 Å². The Morgan fingerprint density at radius 1 is 1.35 bits per heavy atom. The van der Waals surface area contributed by atoms with Gasteiger partial charge < -0.3 is 15.5 Å². The number of rotatable bonds is 4. The van der Waals surface area contributed by atoms with Gasteiger partial charge in [-0.05, 0) is 49.4 Å². The zero-order chi connectivity index (χ0) is 16.2. The van der Waals surface area contributed by atoms with Crippen molar-refractivity contribution in [3.8, 4) is 0 Å². The van der Waals surface area contributed by atoms with Crippen molar-refractivity contribution < 1.29 is 9.59 Å². The third-order valence-electron chi connectivity index (χ3n) is 4.77. The van der Waals surface area contributed by atoms with Crippen LogP contribution < -0.4 is 15.5 Å². The van der Waals surface area contributed by atoms with E-state index in [1.165, 1.54) is 0 Å². The third-order valence-corrected chi connectivity index (χ3v) is 4.77. The molecule has 5 heteroatoms. The third kappa shape index (κ3) is 3.91. The van der Waals surface area contributed by atoms with Gasteiger partial charge in [-0.2, -0.15) is 0 Å². The van der Waals surface area contributed by atoms with Crippen molar-refractivity contribution in [3.05, 3.63) is 29.8 Å². The van der Waals surface area contributed by atoms with E-state index in [0.29, 0.717) is 18.9 Å². The lowest BCUT2D eigenvalue weighted by molar-refractivity contribution is -0.124. The number of carbonyl (C=O) groups excluding carboxylic acids is 2. The average Bonchev–Trinajstić information content (AvgIpc) is 2.99. The monoisotopic (exact) mass is 315 g/mol. The summed E-state index contributed by atoms with van der Waals surface area (Å²) in [7, 11) is 0. The first-order valence-electron chi connectivity index (χ1n) is 8.54. The highest BCUT2D eigenvalue weighted by atomic mass is 16.2. The standard InChI is InChI=1S/C18H25N3O2/c1-13-8-9-19-16(11-13)18(23)20-12-14-4-6-15(7-5-14)21-10-2-3-17(21)22/h4-7,13,16,19H,2-3,8-12H2,1H3,(H,20,23). The van der Waals surface area contributed by atoms with E-state index in [-0.39, 0.29) is 17.9 Å². The van der Waals surface area contributed by atoms with E-state index in [1.807, 2.05) is 29.2 Å². The van der Waals surface area contributed by atoms with E-state index in [1.54, 1.807) is 0 Å². The molecule has 23 heavy (non-hydrogen) atoms. The number of hydrogen-bond donors (Lipinski definition) is 2. The van der Waals surface area contributed by atoms with Crippen molar-refractivity contribution in [2.45, 2.75) is 45.2 Å². The molecule has 0 bridgehead atoms. The predicted octanol–water partition coefficient (Wildman–Crippen LogP) is 1.82. The Kier molecular flexibility index (Phi) is 4.96. The summed E-state index contributed by atoms with van der Waals surface area (Å²) < 4.78 is 0. The lowest BCUT2D eigenvalue weighted by Gasteiger charge is -2.27. The number of nitrogens with one attached hydrogen (secondary N) is 2.